The van der Waals surface area contributed by atoms with Crippen molar-refractivity contribution in [3.8, 4) is 5.75 Å². The predicted molar refractivity (Wildman–Crippen MR) is 185 cm³/mol. The third-order valence-corrected chi connectivity index (χ3v) is 10.1. The number of nitrogens with one attached hydrogen (secondary N) is 2. The second-order valence-corrected chi connectivity index (χ2v) is 13.3. The van der Waals surface area contributed by atoms with E-state index in [0.29, 0.717) is 59.4 Å². The van der Waals surface area contributed by atoms with Crippen LogP contribution in [-0.2, 0) is 9.63 Å². The molecule has 11 nitrogen and oxygen atoms in total. The van der Waals surface area contributed by atoms with E-state index in [0.717, 1.165) is 63.4 Å². The van der Waals surface area contributed by atoms with E-state index in [2.05, 4.69) is 48.8 Å². The van der Waals surface area contributed by atoms with Crippen molar-refractivity contribution in [3.63, 3.8) is 0 Å². The van der Waals surface area contributed by atoms with Crippen LogP contribution in [0.25, 0.3) is 0 Å². The number of rotatable bonds is 10. The third kappa shape index (κ3) is 7.34. The summed E-state index contributed by atoms with van der Waals surface area (Å²) in [7, 11) is 1.60. The van der Waals surface area contributed by atoms with Crippen LogP contribution >= 0.6 is 0 Å². The molecule has 4 aliphatic rings. The summed E-state index contributed by atoms with van der Waals surface area (Å²) in [6.07, 6.45) is 7.95. The molecule has 0 bridgehead atoms. The second-order valence-electron chi connectivity index (χ2n) is 13.3. The third-order valence-electron chi connectivity index (χ3n) is 10.1. The number of carbonyl (C=O) groups is 1. The summed E-state index contributed by atoms with van der Waals surface area (Å²) in [6, 6.07) is 10.4. The van der Waals surface area contributed by atoms with Gasteiger partial charge >= 0.3 is 0 Å². The lowest BCUT2D eigenvalue weighted by atomic mass is 9.99. The smallest absolute Gasteiger partial charge is 0.247 e. The van der Waals surface area contributed by atoms with Crippen LogP contribution in [0.2, 0.25) is 0 Å². The van der Waals surface area contributed by atoms with Gasteiger partial charge in [0.15, 0.2) is 5.82 Å². The van der Waals surface area contributed by atoms with Crippen LogP contribution in [0.15, 0.2) is 55.4 Å². The first-order chi connectivity index (χ1) is 23.8. The maximum atomic E-state index is 14.0. The van der Waals surface area contributed by atoms with E-state index in [4.69, 9.17) is 9.57 Å². The molecule has 2 aromatic carbocycles. The Kier molecular flexibility index (Phi) is 9.66. The Balaban J connectivity index is 1.09. The highest BCUT2D eigenvalue weighted by molar-refractivity contribution is 6.02. The number of carbonyl (C=O) groups excluding carboxylic acids is 1. The largest absolute Gasteiger partial charge is 0.494 e. The minimum absolute atomic E-state index is 0.315. The minimum Gasteiger partial charge on any atom is -0.494 e. The fourth-order valence-corrected chi connectivity index (χ4v) is 7.57. The van der Waals surface area contributed by atoms with Gasteiger partial charge in [0.2, 0.25) is 5.91 Å². The first-order valence-electron chi connectivity index (χ1n) is 17.2. The molecule has 4 heterocycles. The van der Waals surface area contributed by atoms with E-state index in [1.165, 1.54) is 37.4 Å². The molecule has 2 atom stereocenters. The zero-order chi connectivity index (χ0) is 34.1. The van der Waals surface area contributed by atoms with Gasteiger partial charge in [-0.3, -0.25) is 19.4 Å². The fourth-order valence-electron chi connectivity index (χ4n) is 7.57. The summed E-state index contributed by atoms with van der Waals surface area (Å²) in [4.78, 5) is 34.9. The number of ether oxygens (including phenoxy) is 1. The number of nitrogens with zero attached hydrogens (tertiary/aromatic N) is 6. The maximum Gasteiger partial charge on any atom is 0.247 e. The van der Waals surface area contributed by atoms with E-state index >= 15 is 0 Å². The quantitative estimate of drug-likeness (QED) is 0.263. The van der Waals surface area contributed by atoms with Gasteiger partial charge in [-0.25, -0.2) is 23.8 Å². The van der Waals surface area contributed by atoms with Crippen LogP contribution in [0.3, 0.4) is 0 Å². The van der Waals surface area contributed by atoms with Gasteiger partial charge in [0.25, 0.3) is 0 Å². The lowest BCUT2D eigenvalue weighted by molar-refractivity contribution is -0.111. The number of hydrogen-bond donors (Lipinski definition) is 2. The van der Waals surface area contributed by atoms with E-state index in [-0.39, 0.29) is 5.91 Å². The van der Waals surface area contributed by atoms with Crippen LogP contribution in [0.4, 0.5) is 37.5 Å². The monoisotopic (exact) mass is 674 g/mol. The molecule has 260 valence electrons. The molecule has 2 N–H and O–H groups in total. The summed E-state index contributed by atoms with van der Waals surface area (Å²) >= 11 is 0. The topological polar surface area (TPSA) is 98.3 Å². The van der Waals surface area contributed by atoms with Gasteiger partial charge in [0, 0.05) is 75.5 Å². The zero-order valence-corrected chi connectivity index (χ0v) is 28.1. The lowest BCUT2D eigenvalue weighted by Crippen LogP contribution is -2.57. The summed E-state index contributed by atoms with van der Waals surface area (Å²) in [5.74, 6) is -0.180. The number of amides is 1. The van der Waals surface area contributed by atoms with Crippen molar-refractivity contribution in [2.24, 2.45) is 0 Å². The molecule has 0 spiro atoms. The first-order valence-corrected chi connectivity index (χ1v) is 17.2. The van der Waals surface area contributed by atoms with Crippen LogP contribution in [0, 0.1) is 11.6 Å². The van der Waals surface area contributed by atoms with Crippen molar-refractivity contribution in [3.05, 3.63) is 72.6 Å². The Morgan fingerprint density at radius 2 is 1.73 bits per heavy atom. The average molecular weight is 675 g/mol. The van der Waals surface area contributed by atoms with Gasteiger partial charge in [0.1, 0.15) is 29.5 Å². The van der Waals surface area contributed by atoms with Crippen LogP contribution < -0.4 is 25.3 Å². The Morgan fingerprint density at radius 1 is 0.959 bits per heavy atom. The van der Waals surface area contributed by atoms with Crippen molar-refractivity contribution in [1.29, 1.82) is 0 Å². The summed E-state index contributed by atoms with van der Waals surface area (Å²) < 4.78 is 33.9. The highest BCUT2D eigenvalue weighted by Crippen LogP contribution is 2.41. The van der Waals surface area contributed by atoms with E-state index in [1.807, 2.05) is 12.1 Å². The summed E-state index contributed by atoms with van der Waals surface area (Å²) in [6.45, 7) is 11.5. The van der Waals surface area contributed by atoms with Crippen molar-refractivity contribution in [2.45, 2.75) is 63.2 Å². The highest BCUT2D eigenvalue weighted by Gasteiger charge is 2.37. The van der Waals surface area contributed by atoms with E-state index in [1.54, 1.807) is 18.2 Å². The van der Waals surface area contributed by atoms with Gasteiger partial charge in [-0.2, -0.15) is 0 Å². The van der Waals surface area contributed by atoms with Gasteiger partial charge in [-0.15, -0.1) is 0 Å². The zero-order valence-electron chi connectivity index (χ0n) is 28.1. The molecular weight excluding hydrogens is 630 g/mol. The normalized spacial score (nSPS) is 22.3. The number of piperazine rings is 1. The molecule has 1 aliphatic carbocycles. The molecule has 2 unspecified atom stereocenters. The molecule has 0 radical (unpaired) electrons. The summed E-state index contributed by atoms with van der Waals surface area (Å²) in [5.41, 5.74) is 2.54. The Labute approximate surface area is 285 Å². The van der Waals surface area contributed by atoms with Gasteiger partial charge in [-0.1, -0.05) is 6.58 Å². The molecule has 1 aromatic heterocycles. The lowest BCUT2D eigenvalue weighted by Gasteiger charge is -2.47. The molecular formula is C36H44F2N8O3. The number of methoxy groups -OCH3 is 1. The number of anilines is 5. The number of hydrogen-bond acceptors (Lipinski definition) is 10. The number of halogens is 2. The highest BCUT2D eigenvalue weighted by atomic mass is 19.1. The molecule has 13 heteroatoms. The molecule has 7 rings (SSSR count). The van der Waals surface area contributed by atoms with Crippen LogP contribution in [0.1, 0.15) is 50.6 Å². The molecule has 3 aromatic rings. The Bertz CT molecular complexity index is 1660. The molecule has 3 aliphatic heterocycles. The summed E-state index contributed by atoms with van der Waals surface area (Å²) in [5, 5.41) is 7.85. The van der Waals surface area contributed by atoms with Crippen LogP contribution in [-0.4, -0.2) is 90.2 Å². The van der Waals surface area contributed by atoms with Crippen molar-refractivity contribution in [1.82, 2.24) is 19.8 Å². The van der Waals surface area contributed by atoms with Gasteiger partial charge in [-0.05, 0) is 62.4 Å². The minimum atomic E-state index is -0.650. The molecule has 49 heavy (non-hydrogen) atoms. The van der Waals surface area contributed by atoms with Crippen molar-refractivity contribution >= 4 is 34.6 Å². The average Bonchev–Trinajstić information content (AvgIpc) is 3.84. The van der Waals surface area contributed by atoms with E-state index < -0.39 is 17.7 Å². The Morgan fingerprint density at radius 3 is 2.43 bits per heavy atom. The van der Waals surface area contributed by atoms with Gasteiger partial charge in [0.05, 0.1) is 36.8 Å². The number of hydroxylamine groups is 1. The van der Waals surface area contributed by atoms with E-state index in [9.17, 15) is 13.6 Å². The fraction of sp³-hybridized carbons (Fsp3) is 0.472. The molecule has 4 fully saturated rings. The Hall–Kier alpha value is -4.33. The molecule has 1 saturated carbocycles. The maximum absolute atomic E-state index is 14.0. The second kappa shape index (κ2) is 14.3. The number of aromatic nitrogens is 2. The molecule has 3 saturated heterocycles. The van der Waals surface area contributed by atoms with Crippen molar-refractivity contribution in [2.75, 3.05) is 67.0 Å². The van der Waals surface area contributed by atoms with Gasteiger partial charge < -0.3 is 20.3 Å². The molecule has 1 amide bonds. The predicted octanol–water partition coefficient (Wildman–Crippen LogP) is 5.65. The number of benzene rings is 2. The van der Waals surface area contributed by atoms with Crippen LogP contribution in [0.5, 0.6) is 5.75 Å². The SMILES string of the molecule is C=CC(=O)Nc1cc(Nc2cc(N3OCCC3c3cc(F)cc(F)c3)ncn2)c(OC)cc1N1CCC(N2CCN(C3CC3)CC2C)CC1. The van der Waals surface area contributed by atoms with Crippen molar-refractivity contribution < 1.29 is 23.1 Å². The standard InChI is InChI=1S/C36H44F2N8O3/c1-4-36(47)42-29-18-30(41-34-20-35(40-22-39-34)46-31(9-14-49-46)24-15-25(37)17-26(38)16-24)33(48-3)19-32(29)43-10-7-28(8-11-43)45-13-12-44(21-23(45)2)27-5-6-27/h4,15-20,22-23,27-28,31H,1,5-14,21H2,2-3H3,(H,42,47)(H,39,40,41). The first kappa shape index (κ1) is 33.2. The number of piperidine rings is 1.